The fourth-order valence-electron chi connectivity index (χ4n) is 3.60. The highest BCUT2D eigenvalue weighted by Crippen LogP contribution is 2.60. The van der Waals surface area contributed by atoms with Gasteiger partial charge >= 0.3 is 5.97 Å². The number of rotatable bonds is 8. The second-order valence-electron chi connectivity index (χ2n) is 7.39. The van der Waals surface area contributed by atoms with Crippen LogP contribution in [0.15, 0.2) is 77.0 Å². The number of carboxylic acids is 1. The smallest absolute Gasteiger partial charge is 0.368 e. The van der Waals surface area contributed by atoms with Gasteiger partial charge < -0.3 is 14.7 Å². The number of likely N-dealkylation sites (N-methyl/N-ethyl adjacent to an activating group) is 1. The normalized spacial score (nSPS) is 19.4. The molecule has 2 aromatic carbocycles. The maximum Gasteiger partial charge on any atom is 0.368 e. The molecule has 178 valence electrons. The van der Waals surface area contributed by atoms with Gasteiger partial charge in [0.2, 0.25) is 5.83 Å². The molecule has 0 radical (unpaired) electrons. The van der Waals surface area contributed by atoms with Gasteiger partial charge in [-0.05, 0) is 37.3 Å². The summed E-state index contributed by atoms with van der Waals surface area (Å²) in [6.45, 7) is 4.28. The number of halogens is 1. The van der Waals surface area contributed by atoms with Gasteiger partial charge in [-0.15, -0.1) is 29.1 Å². The number of hydrogen-bond acceptors (Lipinski definition) is 7. The molecular formula is C23H27FN2O5S2. The van der Waals surface area contributed by atoms with Crippen molar-refractivity contribution in [3.05, 3.63) is 67.2 Å². The number of ether oxygens (including phenoxy) is 1. The zero-order chi connectivity index (χ0) is 24.2. The number of para-hydroxylation sites is 1. The Labute approximate surface area is 198 Å². The molecule has 33 heavy (non-hydrogen) atoms. The monoisotopic (exact) mass is 494 g/mol. The van der Waals surface area contributed by atoms with Crippen molar-refractivity contribution in [3.63, 3.8) is 0 Å². The Morgan fingerprint density at radius 3 is 2.64 bits per heavy atom. The van der Waals surface area contributed by atoms with Gasteiger partial charge in [-0.2, -0.15) is 4.39 Å². The van der Waals surface area contributed by atoms with E-state index in [1.165, 1.54) is 17.8 Å². The van der Waals surface area contributed by atoms with Crippen LogP contribution in [0.5, 0.6) is 5.75 Å². The van der Waals surface area contributed by atoms with E-state index < -0.39 is 22.6 Å². The zero-order valence-corrected chi connectivity index (χ0v) is 20.0. The van der Waals surface area contributed by atoms with Gasteiger partial charge in [0.1, 0.15) is 16.9 Å². The predicted octanol–water partition coefficient (Wildman–Crippen LogP) is 6.13. The Morgan fingerprint density at radius 2 is 2.03 bits per heavy atom. The third-order valence-electron chi connectivity index (χ3n) is 5.41. The van der Waals surface area contributed by atoms with Gasteiger partial charge in [-0.1, -0.05) is 24.3 Å². The van der Waals surface area contributed by atoms with Crippen LogP contribution in [0.3, 0.4) is 0 Å². The molecule has 0 saturated carbocycles. The van der Waals surface area contributed by atoms with E-state index in [1.54, 1.807) is 29.8 Å². The standard InChI is InChI=1S/C23H27FN2O5S2/c1-4-5-9-17-14-26(16-10-7-6-8-11-16)19-12-21(32-3)20(31-15-18(24)23(27)28)13-22(19)33(29,30)25(17)2/h4,6-8,10-13,15,17,29-30H,1,5,9,14H2,2-3H3,(H,27,28)/b18-15-. The quantitative estimate of drug-likeness (QED) is 0.175. The topological polar surface area (TPSA) is 93.5 Å². The van der Waals surface area contributed by atoms with Crippen LogP contribution in [0, 0.1) is 0 Å². The van der Waals surface area contributed by atoms with E-state index >= 15 is 0 Å². The van der Waals surface area contributed by atoms with Crippen molar-refractivity contribution < 1.29 is 28.1 Å². The van der Waals surface area contributed by atoms with E-state index in [2.05, 4.69) is 6.58 Å². The zero-order valence-electron chi connectivity index (χ0n) is 18.3. The maximum absolute atomic E-state index is 13.5. The summed E-state index contributed by atoms with van der Waals surface area (Å²) in [6, 6.07) is 12.6. The summed E-state index contributed by atoms with van der Waals surface area (Å²) in [5, 5.41) is 8.77. The number of hydrogen-bond donors (Lipinski definition) is 3. The highest BCUT2D eigenvalue weighted by atomic mass is 32.3. The van der Waals surface area contributed by atoms with Gasteiger partial charge in [0.05, 0.1) is 10.6 Å². The Kier molecular flexibility index (Phi) is 8.09. The molecule has 0 bridgehead atoms. The number of thioether (sulfide) groups is 1. The average Bonchev–Trinajstić information content (AvgIpc) is 2.89. The van der Waals surface area contributed by atoms with Crippen LogP contribution < -0.4 is 9.64 Å². The van der Waals surface area contributed by atoms with Crippen molar-refractivity contribution >= 4 is 39.9 Å². The number of aliphatic carboxylic acids is 1. The lowest BCUT2D eigenvalue weighted by Crippen LogP contribution is -2.39. The van der Waals surface area contributed by atoms with E-state index in [4.69, 9.17) is 9.84 Å². The minimum absolute atomic E-state index is 0.128. The van der Waals surface area contributed by atoms with Crippen LogP contribution in [0.4, 0.5) is 15.8 Å². The van der Waals surface area contributed by atoms with E-state index in [0.717, 1.165) is 5.69 Å². The first-order chi connectivity index (χ1) is 15.7. The third kappa shape index (κ3) is 5.36. The van der Waals surface area contributed by atoms with Crippen LogP contribution in [0.1, 0.15) is 12.8 Å². The molecule has 3 N–H and O–H groups in total. The van der Waals surface area contributed by atoms with Gasteiger partial charge in [0.25, 0.3) is 0 Å². The molecule has 7 nitrogen and oxygen atoms in total. The maximum atomic E-state index is 13.5. The predicted molar refractivity (Wildman–Crippen MR) is 131 cm³/mol. The first-order valence-electron chi connectivity index (χ1n) is 10.1. The molecule has 0 spiro atoms. The van der Waals surface area contributed by atoms with Crippen molar-refractivity contribution in [2.45, 2.75) is 28.7 Å². The van der Waals surface area contributed by atoms with E-state index in [0.29, 0.717) is 36.2 Å². The molecule has 1 atom stereocenters. The first-order valence-corrected chi connectivity index (χ1v) is 12.9. The number of allylic oxidation sites excluding steroid dienone is 1. The Morgan fingerprint density at radius 1 is 1.33 bits per heavy atom. The van der Waals surface area contributed by atoms with Crippen molar-refractivity contribution in [2.24, 2.45) is 0 Å². The summed E-state index contributed by atoms with van der Waals surface area (Å²) < 4.78 is 43.1. The molecule has 1 aliphatic rings. The highest BCUT2D eigenvalue weighted by molar-refractivity contribution is 8.22. The van der Waals surface area contributed by atoms with Crippen LogP contribution >= 0.6 is 22.5 Å². The minimum atomic E-state index is -3.44. The summed E-state index contributed by atoms with van der Waals surface area (Å²) in [7, 11) is -1.78. The highest BCUT2D eigenvalue weighted by Gasteiger charge is 2.37. The van der Waals surface area contributed by atoms with Crippen molar-refractivity contribution in [3.8, 4) is 5.75 Å². The Hall–Kier alpha value is -2.50. The van der Waals surface area contributed by atoms with Crippen LogP contribution in [-0.4, -0.2) is 50.4 Å². The number of carboxylic acid groups (broad SMARTS) is 1. The van der Waals surface area contributed by atoms with Gasteiger partial charge in [-0.3, -0.25) is 9.11 Å². The van der Waals surface area contributed by atoms with Gasteiger partial charge in [0.15, 0.2) is 0 Å². The minimum Gasteiger partial charge on any atom is -0.476 e. The average molecular weight is 495 g/mol. The molecule has 2 aromatic rings. The summed E-state index contributed by atoms with van der Waals surface area (Å²) in [5.74, 6) is -3.08. The molecule has 3 rings (SSSR count). The lowest BCUT2D eigenvalue weighted by Gasteiger charge is -2.43. The molecule has 0 aliphatic carbocycles. The number of carbonyl (C=O) groups is 1. The Balaban J connectivity index is 2.20. The second kappa shape index (κ2) is 10.6. The summed E-state index contributed by atoms with van der Waals surface area (Å²) in [4.78, 5) is 13.6. The van der Waals surface area contributed by atoms with Gasteiger partial charge in [0, 0.05) is 31.4 Å². The SMILES string of the molecule is C=CCCC1CN(c2ccccc2)c2cc(SC)c(O/C=C(\F)C(=O)O)cc2S(O)(O)N1C. The van der Waals surface area contributed by atoms with Gasteiger partial charge in [-0.25, -0.2) is 9.10 Å². The molecular weight excluding hydrogens is 467 g/mol. The molecule has 0 aromatic heterocycles. The fraction of sp³-hybridized carbons (Fsp3) is 0.261. The molecule has 1 unspecified atom stereocenters. The van der Waals surface area contributed by atoms with Crippen LogP contribution in [-0.2, 0) is 4.79 Å². The largest absolute Gasteiger partial charge is 0.476 e. The number of benzene rings is 2. The lowest BCUT2D eigenvalue weighted by molar-refractivity contribution is -0.134. The molecule has 0 amide bonds. The van der Waals surface area contributed by atoms with E-state index in [-0.39, 0.29) is 16.7 Å². The van der Waals surface area contributed by atoms with E-state index in [9.17, 15) is 18.3 Å². The van der Waals surface area contributed by atoms with Crippen molar-refractivity contribution in [2.75, 3.05) is 24.7 Å². The molecule has 1 aliphatic heterocycles. The van der Waals surface area contributed by atoms with Crippen molar-refractivity contribution in [1.29, 1.82) is 0 Å². The number of nitrogens with zero attached hydrogens (tertiary/aromatic N) is 2. The number of anilines is 2. The Bertz CT molecular complexity index is 1050. The second-order valence-corrected chi connectivity index (χ2v) is 10.3. The van der Waals surface area contributed by atoms with Crippen LogP contribution in [0.2, 0.25) is 0 Å². The molecule has 10 heteroatoms. The summed E-state index contributed by atoms with van der Waals surface area (Å²) in [5.41, 5.74) is 1.47. The summed E-state index contributed by atoms with van der Waals surface area (Å²) >= 11 is 1.32. The summed E-state index contributed by atoms with van der Waals surface area (Å²) in [6.07, 6.45) is 5.46. The molecule has 0 saturated heterocycles. The molecule has 1 heterocycles. The lowest BCUT2D eigenvalue weighted by atomic mass is 10.1. The first kappa shape index (κ1) is 25.1. The third-order valence-corrected chi connectivity index (χ3v) is 8.18. The van der Waals surface area contributed by atoms with Crippen LogP contribution in [0.25, 0.3) is 0 Å². The molecule has 0 fully saturated rings. The fourth-order valence-corrected chi connectivity index (χ4v) is 5.75. The van der Waals surface area contributed by atoms with E-state index in [1.807, 2.05) is 35.2 Å². The number of fused-ring (bicyclic) bond motifs is 1. The van der Waals surface area contributed by atoms with Crippen molar-refractivity contribution in [1.82, 2.24) is 4.31 Å².